The summed E-state index contributed by atoms with van der Waals surface area (Å²) in [4.78, 5) is 13.4. The molecule has 3 aromatic carbocycles. The van der Waals surface area contributed by atoms with Crippen LogP contribution in [0.4, 0.5) is 24.5 Å². The smallest absolute Gasteiger partial charge is 0.416 e. The molecule has 3 rings (SSSR count). The summed E-state index contributed by atoms with van der Waals surface area (Å²) in [5.74, 6) is -0.722. The number of alkyl halides is 3. The summed E-state index contributed by atoms with van der Waals surface area (Å²) >= 11 is 1.38. The van der Waals surface area contributed by atoms with Crippen LogP contribution in [-0.4, -0.2) is 34.2 Å². The highest BCUT2D eigenvalue weighted by Crippen LogP contribution is 2.35. The summed E-state index contributed by atoms with van der Waals surface area (Å²) in [6, 6.07) is 15.2. The lowest BCUT2D eigenvalue weighted by atomic mass is 10.2. The van der Waals surface area contributed by atoms with Gasteiger partial charge in [-0.25, -0.2) is 8.42 Å². The molecular weight excluding hydrogens is 501 g/mol. The Hall–Kier alpha value is -3.18. The van der Waals surface area contributed by atoms with E-state index in [9.17, 15) is 26.4 Å². The molecule has 0 aliphatic carbocycles. The first kappa shape index (κ1) is 26.4. The normalized spacial score (nSPS) is 11.7. The first-order valence-corrected chi connectivity index (χ1v) is 12.9. The Morgan fingerprint density at radius 1 is 1.06 bits per heavy atom. The van der Waals surface area contributed by atoms with Crippen molar-refractivity contribution in [1.82, 2.24) is 0 Å². The van der Waals surface area contributed by atoms with Crippen LogP contribution in [0.2, 0.25) is 0 Å². The number of sulfonamides is 1. The molecule has 0 saturated carbocycles. The maximum Gasteiger partial charge on any atom is 0.416 e. The molecule has 0 heterocycles. The van der Waals surface area contributed by atoms with E-state index in [4.69, 9.17) is 4.74 Å². The molecule has 1 amide bonds. The molecule has 0 saturated heterocycles. The molecule has 0 fully saturated rings. The number of amides is 1. The third-order valence-electron chi connectivity index (χ3n) is 5.02. The number of carbonyl (C=O) groups excluding carboxylic acids is 1. The number of halogens is 3. The number of thioether (sulfide) groups is 1. The number of aryl methyl sites for hydroxylation is 1. The lowest BCUT2D eigenvalue weighted by Gasteiger charge is -2.26. The van der Waals surface area contributed by atoms with Gasteiger partial charge in [-0.05, 0) is 61.2 Å². The highest BCUT2D eigenvalue weighted by atomic mass is 32.2. The zero-order chi connectivity index (χ0) is 25.8. The molecule has 6 nitrogen and oxygen atoms in total. The molecule has 0 aliphatic heterocycles. The maximum absolute atomic E-state index is 13.7. The van der Waals surface area contributed by atoms with Crippen molar-refractivity contribution in [3.63, 3.8) is 0 Å². The largest absolute Gasteiger partial charge is 0.495 e. The van der Waals surface area contributed by atoms with Gasteiger partial charge in [0.15, 0.2) is 0 Å². The van der Waals surface area contributed by atoms with Gasteiger partial charge in [0.05, 0.1) is 24.0 Å². The summed E-state index contributed by atoms with van der Waals surface area (Å²) in [7, 11) is -3.23. The first-order chi connectivity index (χ1) is 16.5. The Bertz CT molecular complexity index is 1330. The Morgan fingerprint density at radius 3 is 2.43 bits per heavy atom. The van der Waals surface area contributed by atoms with Gasteiger partial charge in [-0.2, -0.15) is 13.2 Å². The monoisotopic (exact) mass is 524 g/mol. The number of carbonyl (C=O) groups is 1. The fourth-order valence-electron chi connectivity index (χ4n) is 3.32. The topological polar surface area (TPSA) is 75.7 Å². The van der Waals surface area contributed by atoms with Crippen molar-refractivity contribution in [3.05, 3.63) is 77.9 Å². The molecule has 186 valence electrons. The number of ether oxygens (including phenoxy) is 1. The van der Waals surface area contributed by atoms with Crippen LogP contribution in [-0.2, 0) is 21.0 Å². The van der Waals surface area contributed by atoms with Crippen LogP contribution in [0, 0.1) is 6.92 Å². The lowest BCUT2D eigenvalue weighted by molar-refractivity contribution is -0.137. The predicted molar refractivity (Wildman–Crippen MR) is 131 cm³/mol. The molecule has 0 atom stereocenters. The molecular formula is C24H23F3N2O4S2. The van der Waals surface area contributed by atoms with E-state index in [1.807, 2.05) is 6.26 Å². The molecule has 3 aromatic rings. The summed E-state index contributed by atoms with van der Waals surface area (Å²) in [5.41, 5.74) is -0.303. The fourth-order valence-corrected chi connectivity index (χ4v) is 5.53. The van der Waals surface area contributed by atoms with Gasteiger partial charge in [0.2, 0.25) is 5.91 Å². The molecule has 0 bridgehead atoms. The first-order valence-electron chi connectivity index (χ1n) is 10.2. The highest BCUT2D eigenvalue weighted by Gasteiger charge is 2.34. The van der Waals surface area contributed by atoms with Gasteiger partial charge in [0, 0.05) is 4.90 Å². The van der Waals surface area contributed by atoms with E-state index in [0.29, 0.717) is 21.6 Å². The summed E-state index contributed by atoms with van der Waals surface area (Å²) in [5, 5.41) is 2.65. The quantitative estimate of drug-likeness (QED) is 0.390. The van der Waals surface area contributed by atoms with E-state index in [0.717, 1.165) is 17.0 Å². The van der Waals surface area contributed by atoms with Crippen LogP contribution in [0.1, 0.15) is 11.1 Å². The van der Waals surface area contributed by atoms with Gasteiger partial charge in [-0.3, -0.25) is 9.10 Å². The van der Waals surface area contributed by atoms with Crippen LogP contribution in [0.25, 0.3) is 0 Å². The molecule has 35 heavy (non-hydrogen) atoms. The van der Waals surface area contributed by atoms with Crippen molar-refractivity contribution < 1.29 is 31.1 Å². The number of benzene rings is 3. The third kappa shape index (κ3) is 6.09. The Labute approximate surface area is 206 Å². The van der Waals surface area contributed by atoms with Crippen LogP contribution < -0.4 is 14.4 Å². The Balaban J connectivity index is 2.09. The highest BCUT2D eigenvalue weighted by molar-refractivity contribution is 7.98. The van der Waals surface area contributed by atoms with Crippen molar-refractivity contribution in [2.75, 3.05) is 29.5 Å². The molecule has 0 spiro atoms. The van der Waals surface area contributed by atoms with Gasteiger partial charge in [0.25, 0.3) is 10.0 Å². The zero-order valence-electron chi connectivity index (χ0n) is 19.1. The number of anilines is 2. The number of nitrogens with zero attached hydrogens (tertiary/aromatic N) is 1. The minimum absolute atomic E-state index is 0.000660. The van der Waals surface area contributed by atoms with Crippen molar-refractivity contribution in [2.45, 2.75) is 22.9 Å². The van der Waals surface area contributed by atoms with Crippen molar-refractivity contribution >= 4 is 39.1 Å². The summed E-state index contributed by atoms with van der Waals surface area (Å²) in [6.07, 6.45) is -2.89. The van der Waals surface area contributed by atoms with Crippen molar-refractivity contribution in [3.8, 4) is 5.75 Å². The number of hydrogen-bond acceptors (Lipinski definition) is 5. The van der Waals surface area contributed by atoms with E-state index in [1.165, 1.54) is 37.1 Å². The van der Waals surface area contributed by atoms with Gasteiger partial charge in [0.1, 0.15) is 17.2 Å². The van der Waals surface area contributed by atoms with Crippen LogP contribution in [0.3, 0.4) is 0 Å². The van der Waals surface area contributed by atoms with Crippen molar-refractivity contribution in [2.24, 2.45) is 0 Å². The number of hydrogen-bond donors (Lipinski definition) is 1. The van der Waals surface area contributed by atoms with Crippen LogP contribution >= 0.6 is 11.8 Å². The third-order valence-corrected chi connectivity index (χ3v) is 7.61. The number of methoxy groups -OCH3 is 1. The van der Waals surface area contributed by atoms with E-state index >= 15 is 0 Å². The Morgan fingerprint density at radius 2 is 1.77 bits per heavy atom. The average Bonchev–Trinajstić information content (AvgIpc) is 2.82. The van der Waals surface area contributed by atoms with E-state index in [-0.39, 0.29) is 16.3 Å². The summed E-state index contributed by atoms with van der Waals surface area (Å²) < 4.78 is 73.4. The second kappa shape index (κ2) is 10.6. The number of rotatable bonds is 8. The SMILES string of the molecule is COc1ccc(C)cc1S(=O)(=O)N(CC(=O)Nc1ccccc1SC)c1cccc(C(F)(F)F)c1. The van der Waals surface area contributed by atoms with E-state index in [2.05, 4.69) is 5.32 Å². The molecule has 0 aliphatic rings. The van der Waals surface area contributed by atoms with Gasteiger partial charge in [-0.15, -0.1) is 11.8 Å². The molecule has 0 unspecified atom stereocenters. The molecule has 11 heteroatoms. The minimum atomic E-state index is -4.70. The molecule has 0 radical (unpaired) electrons. The minimum Gasteiger partial charge on any atom is -0.495 e. The van der Waals surface area contributed by atoms with Crippen molar-refractivity contribution in [1.29, 1.82) is 0 Å². The van der Waals surface area contributed by atoms with Gasteiger partial charge >= 0.3 is 6.18 Å². The fraction of sp³-hybridized carbons (Fsp3) is 0.208. The number of para-hydroxylation sites is 1. The summed E-state index contributed by atoms with van der Waals surface area (Å²) in [6.45, 7) is 0.905. The zero-order valence-corrected chi connectivity index (χ0v) is 20.7. The van der Waals surface area contributed by atoms with E-state index < -0.39 is 34.2 Å². The Kier molecular flexibility index (Phi) is 8.01. The van der Waals surface area contributed by atoms with Gasteiger partial charge in [-0.1, -0.05) is 24.3 Å². The van der Waals surface area contributed by atoms with Gasteiger partial charge < -0.3 is 10.1 Å². The molecule has 1 N–H and O–H groups in total. The van der Waals surface area contributed by atoms with Crippen LogP contribution in [0.15, 0.2) is 76.5 Å². The average molecular weight is 525 g/mol. The second-order valence-electron chi connectivity index (χ2n) is 7.46. The standard InChI is InChI=1S/C24H23F3N2O4S2/c1-16-11-12-20(33-2)22(13-16)35(31,32)29(18-8-6-7-17(14-18)24(25,26)27)15-23(30)28-19-9-4-5-10-21(19)34-3/h4-14H,15H2,1-3H3,(H,28,30). The molecule has 0 aromatic heterocycles. The van der Waals surface area contributed by atoms with E-state index in [1.54, 1.807) is 37.3 Å². The van der Waals surface area contributed by atoms with Crippen LogP contribution in [0.5, 0.6) is 5.75 Å². The maximum atomic E-state index is 13.7. The lowest BCUT2D eigenvalue weighted by Crippen LogP contribution is -2.38. The predicted octanol–water partition coefficient (Wildman–Crippen LogP) is 5.58. The number of nitrogens with one attached hydrogen (secondary N) is 1. The second-order valence-corrected chi connectivity index (χ2v) is 10.1.